The van der Waals surface area contributed by atoms with Crippen molar-refractivity contribution >= 4 is 60.4 Å². The van der Waals surface area contributed by atoms with Crippen LogP contribution >= 0.6 is 0 Å². The lowest BCUT2D eigenvalue weighted by Gasteiger charge is -2.28. The van der Waals surface area contributed by atoms with Crippen molar-refractivity contribution in [3.05, 3.63) is 146 Å². The Morgan fingerprint density at radius 1 is 0.463 bits per heavy atom. The van der Waals surface area contributed by atoms with Gasteiger partial charge in [-0.2, -0.15) is 0 Å². The highest BCUT2D eigenvalue weighted by Crippen LogP contribution is 2.48. The van der Waals surface area contributed by atoms with Gasteiger partial charge >= 0.3 is 0 Å². The van der Waals surface area contributed by atoms with Crippen molar-refractivity contribution in [1.29, 1.82) is 0 Å². The number of nitrogens with zero attached hydrogens (tertiary/aromatic N) is 2. The molecule has 0 fully saturated rings. The van der Waals surface area contributed by atoms with E-state index in [1.807, 2.05) is 12.1 Å². The molecule has 0 amide bonds. The predicted octanol–water partition coefficient (Wildman–Crippen LogP) is 10.7. The van der Waals surface area contributed by atoms with Gasteiger partial charge in [-0.05, 0) is 59.3 Å². The molecule has 3 heteroatoms. The fourth-order valence-electron chi connectivity index (χ4n) is 6.56. The van der Waals surface area contributed by atoms with Crippen LogP contribution in [0.2, 0.25) is 0 Å². The Balaban J connectivity index is 1.37. The molecular formula is C38H24N2O. The molecule has 0 radical (unpaired) electrons. The van der Waals surface area contributed by atoms with Crippen LogP contribution in [-0.2, 0) is 0 Å². The zero-order chi connectivity index (χ0) is 26.9. The fraction of sp³-hybridized carbons (Fsp3) is 0. The molecule has 8 aromatic rings. The summed E-state index contributed by atoms with van der Waals surface area (Å²) < 4.78 is 8.71. The number of hydrogen-bond donors (Lipinski definition) is 0. The van der Waals surface area contributed by atoms with Crippen molar-refractivity contribution in [1.82, 2.24) is 4.57 Å². The molecule has 9 rings (SSSR count). The number of rotatable bonds is 3. The summed E-state index contributed by atoms with van der Waals surface area (Å²) in [5.74, 6) is 1.76. The van der Waals surface area contributed by atoms with Crippen LogP contribution in [-0.4, -0.2) is 4.57 Å². The van der Waals surface area contributed by atoms with E-state index in [-0.39, 0.29) is 0 Å². The second-order valence-electron chi connectivity index (χ2n) is 10.6. The van der Waals surface area contributed by atoms with Crippen LogP contribution in [0, 0.1) is 0 Å². The Kier molecular flexibility index (Phi) is 4.61. The zero-order valence-electron chi connectivity index (χ0n) is 22.2. The number of fused-ring (bicyclic) bond motifs is 7. The van der Waals surface area contributed by atoms with Crippen LogP contribution in [0.15, 0.2) is 146 Å². The van der Waals surface area contributed by atoms with Crippen molar-refractivity contribution in [2.24, 2.45) is 0 Å². The summed E-state index contributed by atoms with van der Waals surface area (Å²) >= 11 is 0. The SMILES string of the molecule is c1ccc2c(c1)Oc1cccc3c4cc(N(c5cccc6ccccc56)c5cccc6ccccc56)ccc4n-2c13. The molecule has 1 aliphatic rings. The molecule has 0 N–H and O–H groups in total. The predicted molar refractivity (Wildman–Crippen MR) is 171 cm³/mol. The van der Waals surface area contributed by atoms with E-state index in [2.05, 4.69) is 143 Å². The van der Waals surface area contributed by atoms with Gasteiger partial charge in [0.2, 0.25) is 0 Å². The maximum Gasteiger partial charge on any atom is 0.152 e. The summed E-state index contributed by atoms with van der Waals surface area (Å²) in [5, 5.41) is 7.25. The first-order valence-corrected chi connectivity index (χ1v) is 14.0. The minimum absolute atomic E-state index is 0.877. The summed E-state index contributed by atoms with van der Waals surface area (Å²) in [6, 6.07) is 51.9. The van der Waals surface area contributed by atoms with Gasteiger partial charge < -0.3 is 14.2 Å². The lowest BCUT2D eigenvalue weighted by molar-refractivity contribution is 0.476. The molecule has 0 unspecified atom stereocenters. The topological polar surface area (TPSA) is 17.4 Å². The molecule has 0 bridgehead atoms. The molecule has 2 heterocycles. The van der Waals surface area contributed by atoms with Crippen molar-refractivity contribution in [3.63, 3.8) is 0 Å². The summed E-state index contributed by atoms with van der Waals surface area (Å²) in [7, 11) is 0. The minimum atomic E-state index is 0.877. The van der Waals surface area contributed by atoms with Gasteiger partial charge in [0.15, 0.2) is 11.5 Å². The maximum absolute atomic E-state index is 6.36. The molecule has 7 aromatic carbocycles. The average molecular weight is 525 g/mol. The third-order valence-corrected chi connectivity index (χ3v) is 8.33. The number of aromatic nitrogens is 1. The van der Waals surface area contributed by atoms with Gasteiger partial charge in [-0.3, -0.25) is 0 Å². The number of ether oxygens (including phenoxy) is 1. The van der Waals surface area contributed by atoms with E-state index in [9.17, 15) is 0 Å². The van der Waals surface area contributed by atoms with Crippen LogP contribution < -0.4 is 9.64 Å². The van der Waals surface area contributed by atoms with Crippen LogP contribution in [0.25, 0.3) is 49.0 Å². The highest BCUT2D eigenvalue weighted by Gasteiger charge is 2.25. The maximum atomic E-state index is 6.36. The Morgan fingerprint density at radius 2 is 1.05 bits per heavy atom. The zero-order valence-corrected chi connectivity index (χ0v) is 22.2. The molecule has 41 heavy (non-hydrogen) atoms. The molecule has 192 valence electrons. The number of anilines is 3. The first-order valence-electron chi connectivity index (χ1n) is 14.0. The quantitative estimate of drug-likeness (QED) is 0.229. The third kappa shape index (κ3) is 3.20. The number of hydrogen-bond acceptors (Lipinski definition) is 2. The normalized spacial score (nSPS) is 12.1. The first-order chi connectivity index (χ1) is 20.3. The molecule has 1 aliphatic heterocycles. The van der Waals surface area contributed by atoms with Crippen molar-refractivity contribution in [2.45, 2.75) is 0 Å². The second kappa shape index (κ2) is 8.48. The average Bonchev–Trinajstić information content (AvgIpc) is 3.37. The first kappa shape index (κ1) is 22.3. The smallest absolute Gasteiger partial charge is 0.152 e. The van der Waals surface area contributed by atoms with Crippen molar-refractivity contribution in [2.75, 3.05) is 4.90 Å². The van der Waals surface area contributed by atoms with Gasteiger partial charge in [0.05, 0.1) is 28.1 Å². The summed E-state index contributed by atoms with van der Waals surface area (Å²) in [4.78, 5) is 2.42. The lowest BCUT2D eigenvalue weighted by Crippen LogP contribution is -2.11. The van der Waals surface area contributed by atoms with E-state index >= 15 is 0 Å². The van der Waals surface area contributed by atoms with Gasteiger partial charge in [-0.15, -0.1) is 0 Å². The van der Waals surface area contributed by atoms with E-state index in [1.54, 1.807) is 0 Å². The highest BCUT2D eigenvalue weighted by molar-refractivity contribution is 6.14. The molecule has 0 spiro atoms. The molecule has 3 nitrogen and oxygen atoms in total. The van der Waals surface area contributed by atoms with E-state index in [1.165, 1.54) is 37.8 Å². The molecule has 0 atom stereocenters. The van der Waals surface area contributed by atoms with Crippen molar-refractivity contribution in [3.8, 4) is 17.2 Å². The third-order valence-electron chi connectivity index (χ3n) is 8.33. The Hall–Kier alpha value is -5.54. The Morgan fingerprint density at radius 3 is 1.80 bits per heavy atom. The standard InChI is InChI=1S/C38H24N2O/c1-3-14-28-25(10-1)12-7-18-32(28)39(33-19-8-13-26-11-2-4-15-29(26)33)27-22-23-34-31(24-27)30-16-9-21-37-38(30)40(34)35-17-5-6-20-36(35)41-37/h1-24H. The Labute approximate surface area is 237 Å². The molecule has 0 saturated heterocycles. The van der Waals surface area contributed by atoms with E-state index in [4.69, 9.17) is 4.74 Å². The van der Waals surface area contributed by atoms with Crippen LogP contribution in [0.1, 0.15) is 0 Å². The van der Waals surface area contributed by atoms with Gasteiger partial charge in [0.1, 0.15) is 0 Å². The summed E-state index contributed by atoms with van der Waals surface area (Å²) in [6.07, 6.45) is 0. The highest BCUT2D eigenvalue weighted by atomic mass is 16.5. The number of para-hydroxylation sites is 3. The van der Waals surface area contributed by atoms with Gasteiger partial charge in [-0.1, -0.05) is 97.1 Å². The molecule has 0 saturated carbocycles. The van der Waals surface area contributed by atoms with Crippen LogP contribution in [0.4, 0.5) is 17.1 Å². The summed E-state index contributed by atoms with van der Waals surface area (Å²) in [6.45, 7) is 0. The van der Waals surface area contributed by atoms with Crippen LogP contribution in [0.3, 0.4) is 0 Å². The van der Waals surface area contributed by atoms with E-state index < -0.39 is 0 Å². The monoisotopic (exact) mass is 524 g/mol. The van der Waals surface area contributed by atoms with Crippen LogP contribution in [0.5, 0.6) is 11.5 Å². The van der Waals surface area contributed by atoms with E-state index in [0.717, 1.165) is 39.8 Å². The van der Waals surface area contributed by atoms with Gasteiger partial charge in [0.25, 0.3) is 0 Å². The fourth-order valence-corrected chi connectivity index (χ4v) is 6.56. The summed E-state index contributed by atoms with van der Waals surface area (Å²) in [5.41, 5.74) is 6.77. The van der Waals surface area contributed by atoms with Gasteiger partial charge in [0, 0.05) is 27.2 Å². The lowest BCUT2D eigenvalue weighted by atomic mass is 10.0. The molecule has 0 aliphatic carbocycles. The van der Waals surface area contributed by atoms with E-state index in [0.29, 0.717) is 0 Å². The molecular weight excluding hydrogens is 500 g/mol. The van der Waals surface area contributed by atoms with Crippen molar-refractivity contribution < 1.29 is 4.74 Å². The largest absolute Gasteiger partial charge is 0.453 e. The molecule has 1 aromatic heterocycles. The number of benzene rings is 7. The second-order valence-corrected chi connectivity index (χ2v) is 10.6. The Bertz CT molecular complexity index is 2220. The minimum Gasteiger partial charge on any atom is -0.453 e. The van der Waals surface area contributed by atoms with Gasteiger partial charge in [-0.25, -0.2) is 0 Å².